The second-order valence-corrected chi connectivity index (χ2v) is 6.95. The number of pyridine rings is 2. The SMILES string of the molecule is CN(Cc1ccc2cncc(-c3cc4ccccc4o3)c2c1)c1ccncc1. The molecule has 0 spiro atoms. The van der Waals surface area contributed by atoms with Crippen molar-refractivity contribution in [2.45, 2.75) is 6.54 Å². The van der Waals surface area contributed by atoms with Crippen LogP contribution in [0.3, 0.4) is 0 Å². The number of anilines is 1. The van der Waals surface area contributed by atoms with Crippen LogP contribution >= 0.6 is 0 Å². The molecule has 0 amide bonds. The highest BCUT2D eigenvalue weighted by Crippen LogP contribution is 2.33. The van der Waals surface area contributed by atoms with Crippen molar-refractivity contribution in [3.05, 3.63) is 91.0 Å². The van der Waals surface area contributed by atoms with Gasteiger partial charge in [0, 0.05) is 60.4 Å². The van der Waals surface area contributed by atoms with Crippen molar-refractivity contribution in [3.8, 4) is 11.3 Å². The molecule has 0 aliphatic heterocycles. The maximum Gasteiger partial charge on any atom is 0.137 e. The van der Waals surface area contributed by atoms with Crippen LogP contribution < -0.4 is 4.90 Å². The minimum Gasteiger partial charge on any atom is -0.456 e. The number of furan rings is 1. The van der Waals surface area contributed by atoms with Gasteiger partial charge in [0.15, 0.2) is 0 Å². The van der Waals surface area contributed by atoms with E-state index in [-0.39, 0.29) is 0 Å². The monoisotopic (exact) mass is 365 g/mol. The zero-order chi connectivity index (χ0) is 18.9. The van der Waals surface area contributed by atoms with Gasteiger partial charge in [-0.05, 0) is 41.3 Å². The van der Waals surface area contributed by atoms with Crippen LogP contribution in [0.15, 0.2) is 89.9 Å². The average Bonchev–Trinajstić information content (AvgIpc) is 3.18. The third kappa shape index (κ3) is 2.99. The molecule has 2 aromatic carbocycles. The van der Waals surface area contributed by atoms with Gasteiger partial charge in [-0.15, -0.1) is 0 Å². The van der Waals surface area contributed by atoms with Gasteiger partial charge in [0.25, 0.3) is 0 Å². The van der Waals surface area contributed by atoms with Crippen LogP contribution in [-0.2, 0) is 6.54 Å². The van der Waals surface area contributed by atoms with Crippen molar-refractivity contribution in [2.24, 2.45) is 0 Å². The first kappa shape index (κ1) is 16.5. The molecule has 0 saturated carbocycles. The molecule has 3 heterocycles. The lowest BCUT2D eigenvalue weighted by molar-refractivity contribution is 0.632. The van der Waals surface area contributed by atoms with Crippen LogP contribution in [0.5, 0.6) is 0 Å². The first-order valence-electron chi connectivity index (χ1n) is 9.25. The summed E-state index contributed by atoms with van der Waals surface area (Å²) < 4.78 is 6.10. The van der Waals surface area contributed by atoms with E-state index in [1.807, 2.05) is 55.1 Å². The van der Waals surface area contributed by atoms with Crippen molar-refractivity contribution in [3.63, 3.8) is 0 Å². The normalized spacial score (nSPS) is 11.2. The molecule has 4 nitrogen and oxygen atoms in total. The summed E-state index contributed by atoms with van der Waals surface area (Å²) in [5, 5.41) is 3.35. The van der Waals surface area contributed by atoms with E-state index in [9.17, 15) is 0 Å². The predicted octanol–water partition coefficient (Wildman–Crippen LogP) is 5.68. The summed E-state index contributed by atoms with van der Waals surface area (Å²) >= 11 is 0. The van der Waals surface area contributed by atoms with E-state index in [0.717, 1.165) is 45.3 Å². The van der Waals surface area contributed by atoms with Crippen LogP contribution in [0.1, 0.15) is 5.56 Å². The van der Waals surface area contributed by atoms with Crippen molar-refractivity contribution in [1.82, 2.24) is 9.97 Å². The number of hydrogen-bond donors (Lipinski definition) is 0. The van der Waals surface area contributed by atoms with E-state index < -0.39 is 0 Å². The molecule has 0 atom stereocenters. The molecule has 0 aliphatic carbocycles. The Labute approximate surface area is 163 Å². The first-order valence-corrected chi connectivity index (χ1v) is 9.25. The van der Waals surface area contributed by atoms with Crippen molar-refractivity contribution < 1.29 is 4.42 Å². The summed E-state index contributed by atoms with van der Waals surface area (Å²) in [6.45, 7) is 0.807. The first-order chi connectivity index (χ1) is 13.8. The Morgan fingerprint density at radius 2 is 1.71 bits per heavy atom. The molecule has 0 unspecified atom stereocenters. The molecule has 0 radical (unpaired) electrons. The molecule has 0 saturated heterocycles. The van der Waals surface area contributed by atoms with E-state index >= 15 is 0 Å². The van der Waals surface area contributed by atoms with Crippen molar-refractivity contribution in [2.75, 3.05) is 11.9 Å². The average molecular weight is 365 g/mol. The second-order valence-electron chi connectivity index (χ2n) is 6.95. The van der Waals surface area contributed by atoms with Crippen molar-refractivity contribution in [1.29, 1.82) is 0 Å². The number of hydrogen-bond acceptors (Lipinski definition) is 4. The van der Waals surface area contributed by atoms with Gasteiger partial charge in [0.2, 0.25) is 0 Å². The van der Waals surface area contributed by atoms with Gasteiger partial charge in [-0.3, -0.25) is 9.97 Å². The number of rotatable bonds is 4. The molecular formula is C24H19N3O. The van der Waals surface area contributed by atoms with Gasteiger partial charge in [0.1, 0.15) is 11.3 Å². The lowest BCUT2D eigenvalue weighted by Crippen LogP contribution is -2.16. The van der Waals surface area contributed by atoms with E-state index in [1.54, 1.807) is 0 Å². The third-order valence-electron chi connectivity index (χ3n) is 5.04. The van der Waals surface area contributed by atoms with Gasteiger partial charge < -0.3 is 9.32 Å². The van der Waals surface area contributed by atoms with E-state index in [2.05, 4.69) is 52.2 Å². The van der Waals surface area contributed by atoms with Crippen LogP contribution in [0.25, 0.3) is 33.1 Å². The Morgan fingerprint density at radius 3 is 2.57 bits per heavy atom. The molecule has 0 N–H and O–H groups in total. The zero-order valence-corrected chi connectivity index (χ0v) is 15.5. The molecule has 0 fully saturated rings. The van der Waals surface area contributed by atoms with Gasteiger partial charge >= 0.3 is 0 Å². The third-order valence-corrected chi connectivity index (χ3v) is 5.04. The quantitative estimate of drug-likeness (QED) is 0.411. The highest BCUT2D eigenvalue weighted by molar-refractivity contribution is 5.97. The summed E-state index contributed by atoms with van der Waals surface area (Å²) in [4.78, 5) is 10.7. The van der Waals surface area contributed by atoms with E-state index in [0.29, 0.717) is 0 Å². The standard InChI is InChI=1S/C24H19N3O/c1-27(20-8-10-25-11-9-20)16-17-6-7-19-14-26-15-22(21(19)12-17)24-13-18-4-2-3-5-23(18)28-24/h2-15H,16H2,1H3. The number of para-hydroxylation sites is 1. The van der Waals surface area contributed by atoms with Gasteiger partial charge in [-0.25, -0.2) is 0 Å². The fraction of sp³-hybridized carbons (Fsp3) is 0.0833. The van der Waals surface area contributed by atoms with E-state index in [4.69, 9.17) is 4.42 Å². The largest absolute Gasteiger partial charge is 0.456 e. The molecule has 136 valence electrons. The minimum absolute atomic E-state index is 0.807. The Bertz CT molecular complexity index is 1230. The number of benzene rings is 2. The fourth-order valence-corrected chi connectivity index (χ4v) is 3.58. The lowest BCUT2D eigenvalue weighted by Gasteiger charge is -2.19. The van der Waals surface area contributed by atoms with Crippen LogP contribution in [-0.4, -0.2) is 17.0 Å². The van der Waals surface area contributed by atoms with Crippen LogP contribution in [0, 0.1) is 0 Å². The number of aromatic nitrogens is 2. The molecule has 28 heavy (non-hydrogen) atoms. The molecular weight excluding hydrogens is 346 g/mol. The summed E-state index contributed by atoms with van der Waals surface area (Å²) in [6.07, 6.45) is 7.42. The van der Waals surface area contributed by atoms with Crippen molar-refractivity contribution >= 4 is 27.4 Å². The Morgan fingerprint density at radius 1 is 0.857 bits per heavy atom. The summed E-state index contributed by atoms with van der Waals surface area (Å²) in [7, 11) is 2.09. The minimum atomic E-state index is 0.807. The smallest absolute Gasteiger partial charge is 0.137 e. The van der Waals surface area contributed by atoms with Crippen LogP contribution in [0.2, 0.25) is 0 Å². The lowest BCUT2D eigenvalue weighted by atomic mass is 10.0. The van der Waals surface area contributed by atoms with Crippen LogP contribution in [0.4, 0.5) is 5.69 Å². The maximum atomic E-state index is 6.10. The Kier molecular flexibility index (Phi) is 4.02. The highest BCUT2D eigenvalue weighted by Gasteiger charge is 2.11. The molecule has 4 heteroatoms. The maximum absolute atomic E-state index is 6.10. The fourth-order valence-electron chi connectivity index (χ4n) is 3.58. The summed E-state index contributed by atoms with van der Waals surface area (Å²) in [5.41, 5.74) is 4.28. The molecule has 0 bridgehead atoms. The Balaban J connectivity index is 1.56. The van der Waals surface area contributed by atoms with E-state index in [1.165, 1.54) is 5.56 Å². The molecule has 5 rings (SSSR count). The highest BCUT2D eigenvalue weighted by atomic mass is 16.3. The summed E-state index contributed by atoms with van der Waals surface area (Å²) in [6, 6.07) is 20.7. The molecule has 0 aliphatic rings. The zero-order valence-electron chi connectivity index (χ0n) is 15.5. The second kappa shape index (κ2) is 6.82. The topological polar surface area (TPSA) is 42.2 Å². The van der Waals surface area contributed by atoms with Gasteiger partial charge in [-0.1, -0.05) is 30.3 Å². The Hall–Kier alpha value is -3.66. The number of fused-ring (bicyclic) bond motifs is 2. The molecule has 5 aromatic rings. The predicted molar refractivity (Wildman–Crippen MR) is 113 cm³/mol. The van der Waals surface area contributed by atoms with Gasteiger partial charge in [-0.2, -0.15) is 0 Å². The molecule has 3 aromatic heterocycles. The number of nitrogens with zero attached hydrogens (tertiary/aromatic N) is 3. The van der Waals surface area contributed by atoms with Gasteiger partial charge in [0.05, 0.1) is 0 Å². The summed E-state index contributed by atoms with van der Waals surface area (Å²) in [5.74, 6) is 0.846.